The molecule has 2 aromatic carbocycles. The van der Waals surface area contributed by atoms with Crippen LogP contribution in [0.2, 0.25) is 0 Å². The normalized spacial score (nSPS) is 11.0. The van der Waals surface area contributed by atoms with Crippen molar-refractivity contribution in [2.75, 3.05) is 5.32 Å². The summed E-state index contributed by atoms with van der Waals surface area (Å²) in [7, 11) is 0. The summed E-state index contributed by atoms with van der Waals surface area (Å²) >= 11 is 1.49. The van der Waals surface area contributed by atoms with Gasteiger partial charge in [0.25, 0.3) is 5.91 Å². The minimum absolute atomic E-state index is 0.121. The number of halogens is 1. The molecule has 3 aromatic heterocycles. The highest BCUT2D eigenvalue weighted by Gasteiger charge is 2.19. The highest BCUT2D eigenvalue weighted by molar-refractivity contribution is 7.15. The molecule has 0 saturated carbocycles. The molecule has 0 aliphatic rings. The number of hydrogen-bond acceptors (Lipinski definition) is 5. The number of benzene rings is 2. The van der Waals surface area contributed by atoms with E-state index in [1.807, 2.05) is 46.3 Å². The molecule has 0 bridgehead atoms. The Balaban J connectivity index is 1.34. The lowest BCUT2D eigenvalue weighted by Gasteiger charge is -2.06. The average Bonchev–Trinajstić information content (AvgIpc) is 3.51. The van der Waals surface area contributed by atoms with Crippen molar-refractivity contribution in [2.45, 2.75) is 6.61 Å². The minimum Gasteiger partial charge on any atom is -0.486 e. The summed E-state index contributed by atoms with van der Waals surface area (Å²) in [5.41, 5.74) is 1.59. The molecule has 1 N–H and O–H groups in total. The second-order valence-corrected chi connectivity index (χ2v) is 7.57. The maximum Gasteiger partial charge on any atom is 0.292 e. The first-order valence-electron chi connectivity index (χ1n) is 9.47. The molecule has 0 aliphatic carbocycles. The van der Waals surface area contributed by atoms with Crippen LogP contribution in [0.25, 0.3) is 16.2 Å². The number of furan rings is 1. The molecule has 6 nitrogen and oxygen atoms in total. The van der Waals surface area contributed by atoms with Gasteiger partial charge in [0.05, 0.1) is 0 Å². The number of nitrogens with one attached hydrogen (secondary N) is 1. The number of fused-ring (bicyclic) bond motifs is 1. The number of aromatic nitrogens is 2. The third kappa shape index (κ3) is 3.93. The van der Waals surface area contributed by atoms with Gasteiger partial charge >= 0.3 is 0 Å². The second kappa shape index (κ2) is 8.08. The fraction of sp³-hybridized carbons (Fsp3) is 0.0435. The highest BCUT2D eigenvalue weighted by Crippen LogP contribution is 2.31. The van der Waals surface area contributed by atoms with E-state index in [4.69, 9.17) is 9.15 Å². The van der Waals surface area contributed by atoms with Crippen molar-refractivity contribution in [2.24, 2.45) is 0 Å². The Labute approximate surface area is 180 Å². The number of carbonyl (C=O) groups is 1. The molecular formula is C23H16FN3O3S. The van der Waals surface area contributed by atoms with E-state index in [2.05, 4.69) is 10.3 Å². The number of carbonyl (C=O) groups excluding carboxylic acids is 1. The van der Waals surface area contributed by atoms with Crippen LogP contribution in [0.3, 0.4) is 0 Å². The summed E-state index contributed by atoms with van der Waals surface area (Å²) < 4.78 is 26.0. The first kappa shape index (κ1) is 19.1. The average molecular weight is 433 g/mol. The lowest BCUT2D eigenvalue weighted by molar-refractivity contribution is 0.0992. The van der Waals surface area contributed by atoms with E-state index in [0.29, 0.717) is 23.0 Å². The number of thiazole rings is 1. The Morgan fingerprint density at radius 3 is 2.71 bits per heavy atom. The van der Waals surface area contributed by atoms with Gasteiger partial charge in [0.2, 0.25) is 0 Å². The quantitative estimate of drug-likeness (QED) is 0.377. The summed E-state index contributed by atoms with van der Waals surface area (Å²) in [5.74, 6) is 0.994. The lowest BCUT2D eigenvalue weighted by atomic mass is 10.1. The largest absolute Gasteiger partial charge is 0.486 e. The van der Waals surface area contributed by atoms with Gasteiger partial charge in [-0.15, -0.1) is 11.3 Å². The van der Waals surface area contributed by atoms with Gasteiger partial charge in [0.15, 0.2) is 10.7 Å². The predicted octanol–water partition coefficient (Wildman–Crippen LogP) is 5.63. The first-order valence-corrected chi connectivity index (χ1v) is 10.3. The summed E-state index contributed by atoms with van der Waals surface area (Å²) in [4.78, 5) is 18.3. The van der Waals surface area contributed by atoms with E-state index in [0.717, 1.165) is 10.5 Å². The van der Waals surface area contributed by atoms with Crippen LogP contribution in [0.15, 0.2) is 82.7 Å². The molecule has 154 valence electrons. The Hall–Kier alpha value is -3.91. The summed E-state index contributed by atoms with van der Waals surface area (Å²) in [5, 5.41) is 4.83. The Bertz CT molecular complexity index is 1340. The predicted molar refractivity (Wildman–Crippen MR) is 116 cm³/mol. The Morgan fingerprint density at radius 1 is 1.10 bits per heavy atom. The Kier molecular flexibility index (Phi) is 4.97. The lowest BCUT2D eigenvalue weighted by Crippen LogP contribution is -2.13. The third-order valence-electron chi connectivity index (χ3n) is 4.62. The standard InChI is InChI=1S/C23H16FN3O3S/c24-16-6-8-17(9-7-16)29-14-18-10-11-19(30-18)22(28)26-21-20(15-4-2-1-3-5-15)25-23-27(21)12-13-31-23/h1-13H,14H2,(H,26,28). The van der Waals surface area contributed by atoms with E-state index in [1.54, 1.807) is 12.1 Å². The van der Waals surface area contributed by atoms with Crippen molar-refractivity contribution in [3.63, 3.8) is 0 Å². The fourth-order valence-electron chi connectivity index (χ4n) is 3.13. The van der Waals surface area contributed by atoms with Gasteiger partial charge in [0.1, 0.15) is 35.4 Å². The van der Waals surface area contributed by atoms with Crippen molar-refractivity contribution in [1.29, 1.82) is 0 Å². The maximum atomic E-state index is 13.0. The zero-order valence-electron chi connectivity index (χ0n) is 16.1. The molecule has 0 saturated heterocycles. The summed E-state index contributed by atoms with van der Waals surface area (Å²) in [6, 6.07) is 18.6. The molecule has 0 atom stereocenters. The molecule has 1 amide bonds. The Morgan fingerprint density at radius 2 is 1.90 bits per heavy atom. The van der Waals surface area contributed by atoms with Gasteiger partial charge in [-0.3, -0.25) is 9.20 Å². The van der Waals surface area contributed by atoms with Crippen LogP contribution in [0.4, 0.5) is 10.2 Å². The number of rotatable bonds is 6. The van der Waals surface area contributed by atoms with E-state index < -0.39 is 5.91 Å². The van der Waals surface area contributed by atoms with Gasteiger partial charge in [-0.05, 0) is 36.4 Å². The van der Waals surface area contributed by atoms with Gasteiger partial charge in [-0.2, -0.15) is 0 Å². The fourth-order valence-corrected chi connectivity index (χ4v) is 3.85. The second-order valence-electron chi connectivity index (χ2n) is 6.69. The van der Waals surface area contributed by atoms with Gasteiger partial charge < -0.3 is 14.5 Å². The number of ether oxygens (including phenoxy) is 1. The molecule has 0 aliphatic heterocycles. The van der Waals surface area contributed by atoms with Crippen LogP contribution in [0, 0.1) is 5.82 Å². The van der Waals surface area contributed by atoms with Crippen molar-refractivity contribution in [1.82, 2.24) is 9.38 Å². The SMILES string of the molecule is O=C(Nc1c(-c2ccccc2)nc2sccn12)c1ccc(COc2ccc(F)cc2)o1. The topological polar surface area (TPSA) is 68.8 Å². The zero-order chi connectivity index (χ0) is 21.2. The molecule has 3 heterocycles. The summed E-state index contributed by atoms with van der Waals surface area (Å²) in [6.07, 6.45) is 1.86. The molecule has 0 fully saturated rings. The molecule has 0 spiro atoms. The number of imidazole rings is 1. The van der Waals surface area contributed by atoms with E-state index in [1.165, 1.54) is 35.6 Å². The van der Waals surface area contributed by atoms with Gasteiger partial charge in [-0.25, -0.2) is 9.37 Å². The number of nitrogens with zero attached hydrogens (tertiary/aromatic N) is 2. The van der Waals surface area contributed by atoms with E-state index in [-0.39, 0.29) is 18.2 Å². The molecule has 0 radical (unpaired) electrons. The van der Waals surface area contributed by atoms with Crippen LogP contribution in [-0.4, -0.2) is 15.3 Å². The van der Waals surface area contributed by atoms with Crippen LogP contribution < -0.4 is 10.1 Å². The van der Waals surface area contributed by atoms with Crippen molar-refractivity contribution < 1.29 is 18.3 Å². The molecule has 8 heteroatoms. The minimum atomic E-state index is -0.391. The van der Waals surface area contributed by atoms with Crippen molar-refractivity contribution in [3.05, 3.63) is 95.6 Å². The smallest absolute Gasteiger partial charge is 0.292 e. The zero-order valence-corrected chi connectivity index (χ0v) is 16.9. The van der Waals surface area contributed by atoms with Crippen LogP contribution in [0.5, 0.6) is 5.75 Å². The molecule has 0 unspecified atom stereocenters. The van der Waals surface area contributed by atoms with E-state index in [9.17, 15) is 9.18 Å². The van der Waals surface area contributed by atoms with Gasteiger partial charge in [-0.1, -0.05) is 30.3 Å². The monoisotopic (exact) mass is 433 g/mol. The van der Waals surface area contributed by atoms with Crippen molar-refractivity contribution >= 4 is 28.0 Å². The van der Waals surface area contributed by atoms with Crippen molar-refractivity contribution in [3.8, 4) is 17.0 Å². The van der Waals surface area contributed by atoms with Crippen LogP contribution >= 0.6 is 11.3 Å². The van der Waals surface area contributed by atoms with Crippen LogP contribution in [0.1, 0.15) is 16.3 Å². The molecule has 5 aromatic rings. The van der Waals surface area contributed by atoms with Crippen LogP contribution in [-0.2, 0) is 6.61 Å². The van der Waals surface area contributed by atoms with Gasteiger partial charge in [0, 0.05) is 17.1 Å². The summed E-state index contributed by atoms with van der Waals surface area (Å²) in [6.45, 7) is 0.121. The van der Waals surface area contributed by atoms with E-state index >= 15 is 0 Å². The maximum absolute atomic E-state index is 13.0. The number of amides is 1. The number of anilines is 1. The number of hydrogen-bond donors (Lipinski definition) is 1. The third-order valence-corrected chi connectivity index (χ3v) is 5.38. The molecule has 31 heavy (non-hydrogen) atoms. The molecule has 5 rings (SSSR count). The highest BCUT2D eigenvalue weighted by atomic mass is 32.1. The molecular weight excluding hydrogens is 417 g/mol. The first-order chi connectivity index (χ1) is 15.2.